The first-order chi connectivity index (χ1) is 7.81. The lowest BCUT2D eigenvalue weighted by Crippen LogP contribution is -2.18. The zero-order chi connectivity index (χ0) is 13.2. The maximum Gasteiger partial charge on any atom is 0.121 e. The van der Waals surface area contributed by atoms with Gasteiger partial charge in [0, 0.05) is 0 Å². The van der Waals surface area contributed by atoms with Gasteiger partial charge < -0.3 is 5.32 Å². The van der Waals surface area contributed by atoms with Gasteiger partial charge in [0.2, 0.25) is 0 Å². The van der Waals surface area contributed by atoms with E-state index in [1.165, 1.54) is 16.7 Å². The van der Waals surface area contributed by atoms with Crippen molar-refractivity contribution >= 4 is 0 Å². The summed E-state index contributed by atoms with van der Waals surface area (Å²) >= 11 is 0. The molecule has 0 spiro atoms. The van der Waals surface area contributed by atoms with Crippen molar-refractivity contribution in [3.8, 4) is 6.07 Å². The summed E-state index contributed by atoms with van der Waals surface area (Å²) in [7, 11) is 1.82. The Hall–Kier alpha value is -1.33. The molecule has 0 saturated heterocycles. The summed E-state index contributed by atoms with van der Waals surface area (Å²) in [6.07, 6.45) is 0. The van der Waals surface area contributed by atoms with Gasteiger partial charge in [-0.15, -0.1) is 0 Å². The van der Waals surface area contributed by atoms with Crippen molar-refractivity contribution in [1.82, 2.24) is 5.32 Å². The molecular formula is C15H22N2. The zero-order valence-corrected chi connectivity index (χ0v) is 11.7. The molecule has 0 radical (unpaired) electrons. The Morgan fingerprint density at radius 1 is 1.18 bits per heavy atom. The van der Waals surface area contributed by atoms with Crippen LogP contribution in [0.25, 0.3) is 0 Å². The van der Waals surface area contributed by atoms with Gasteiger partial charge in [-0.2, -0.15) is 5.26 Å². The third kappa shape index (κ3) is 2.87. The summed E-state index contributed by atoms with van der Waals surface area (Å²) in [6.45, 7) is 10.8. The Morgan fingerprint density at radius 2 is 1.65 bits per heavy atom. The smallest absolute Gasteiger partial charge is 0.121 e. The van der Waals surface area contributed by atoms with Crippen molar-refractivity contribution < 1.29 is 0 Å². The van der Waals surface area contributed by atoms with Gasteiger partial charge in [-0.1, -0.05) is 32.9 Å². The van der Waals surface area contributed by atoms with Crippen LogP contribution in [0, 0.1) is 25.2 Å². The fourth-order valence-corrected chi connectivity index (χ4v) is 2.14. The first-order valence-corrected chi connectivity index (χ1v) is 5.99. The molecule has 0 aromatic heterocycles. The molecule has 0 aliphatic rings. The molecule has 0 fully saturated rings. The molecule has 2 nitrogen and oxygen atoms in total. The van der Waals surface area contributed by atoms with Gasteiger partial charge >= 0.3 is 0 Å². The average Bonchev–Trinajstić information content (AvgIpc) is 2.21. The summed E-state index contributed by atoms with van der Waals surface area (Å²) in [5.74, 6) is 0. The highest BCUT2D eigenvalue weighted by Crippen LogP contribution is 2.29. The van der Waals surface area contributed by atoms with Crippen LogP contribution in [0.5, 0.6) is 0 Å². The first-order valence-electron chi connectivity index (χ1n) is 5.99. The molecule has 1 rings (SSSR count). The van der Waals surface area contributed by atoms with Crippen molar-refractivity contribution in [3.63, 3.8) is 0 Å². The fraction of sp³-hybridized carbons (Fsp3) is 0.533. The Morgan fingerprint density at radius 3 is 1.94 bits per heavy atom. The monoisotopic (exact) mass is 230 g/mol. The highest BCUT2D eigenvalue weighted by molar-refractivity contribution is 5.44. The second kappa shape index (κ2) is 4.89. The van der Waals surface area contributed by atoms with Crippen molar-refractivity contribution in [1.29, 1.82) is 5.26 Å². The van der Waals surface area contributed by atoms with Crippen molar-refractivity contribution in [2.45, 2.75) is 46.1 Å². The summed E-state index contributed by atoms with van der Waals surface area (Å²) < 4.78 is 0. The van der Waals surface area contributed by atoms with Gasteiger partial charge in [0.1, 0.15) is 6.04 Å². The first kappa shape index (κ1) is 13.7. The maximum atomic E-state index is 9.15. The third-order valence-corrected chi connectivity index (χ3v) is 3.17. The Labute approximate surface area is 105 Å². The van der Waals surface area contributed by atoms with Crippen LogP contribution in [0.3, 0.4) is 0 Å². The maximum absolute atomic E-state index is 9.15. The van der Waals surface area contributed by atoms with E-state index in [2.05, 4.69) is 58.1 Å². The number of nitrogens with zero attached hydrogens (tertiary/aromatic N) is 1. The predicted octanol–water partition coefficient (Wildman–Crippen LogP) is 3.39. The molecule has 0 bridgehead atoms. The summed E-state index contributed by atoms with van der Waals surface area (Å²) in [5.41, 5.74) is 4.97. The molecule has 2 heteroatoms. The quantitative estimate of drug-likeness (QED) is 0.845. The summed E-state index contributed by atoms with van der Waals surface area (Å²) in [6, 6.07) is 6.48. The zero-order valence-electron chi connectivity index (χ0n) is 11.7. The fourth-order valence-electron chi connectivity index (χ4n) is 2.14. The number of nitriles is 1. The minimum atomic E-state index is -0.219. The summed E-state index contributed by atoms with van der Waals surface area (Å²) in [5, 5.41) is 12.2. The number of rotatable bonds is 2. The lowest BCUT2D eigenvalue weighted by atomic mass is 9.83. The van der Waals surface area contributed by atoms with Gasteiger partial charge in [-0.25, -0.2) is 0 Å². The molecule has 0 amide bonds. The van der Waals surface area contributed by atoms with Crippen molar-refractivity contribution in [2.75, 3.05) is 7.05 Å². The van der Waals surface area contributed by atoms with E-state index in [0.717, 1.165) is 5.56 Å². The molecule has 1 N–H and O–H groups in total. The lowest BCUT2D eigenvalue weighted by molar-refractivity contribution is 0.587. The Bertz CT molecular complexity index is 424. The highest BCUT2D eigenvalue weighted by Gasteiger charge is 2.19. The van der Waals surface area contributed by atoms with E-state index in [0.29, 0.717) is 0 Å². The minimum Gasteiger partial charge on any atom is -0.301 e. The van der Waals surface area contributed by atoms with Crippen LogP contribution >= 0.6 is 0 Å². The van der Waals surface area contributed by atoms with Crippen LogP contribution in [0.2, 0.25) is 0 Å². The summed E-state index contributed by atoms with van der Waals surface area (Å²) in [4.78, 5) is 0. The van der Waals surface area contributed by atoms with Gasteiger partial charge in [-0.05, 0) is 48.6 Å². The normalized spacial score (nSPS) is 13.2. The SMILES string of the molecule is CNC(C#N)c1c(C)cc(C(C)(C)C)cc1C. The second-order valence-corrected chi connectivity index (χ2v) is 5.62. The van der Waals surface area contributed by atoms with E-state index >= 15 is 0 Å². The van der Waals surface area contributed by atoms with Crippen molar-refractivity contribution in [3.05, 3.63) is 34.4 Å². The highest BCUT2D eigenvalue weighted by atomic mass is 14.9. The van der Waals surface area contributed by atoms with Crippen LogP contribution in [0.15, 0.2) is 12.1 Å². The number of benzene rings is 1. The van der Waals surface area contributed by atoms with Crippen LogP contribution in [-0.4, -0.2) is 7.05 Å². The van der Waals surface area contributed by atoms with Crippen LogP contribution in [0.4, 0.5) is 0 Å². The van der Waals surface area contributed by atoms with Gasteiger partial charge in [0.15, 0.2) is 0 Å². The average molecular weight is 230 g/mol. The largest absolute Gasteiger partial charge is 0.301 e. The van der Waals surface area contributed by atoms with E-state index in [-0.39, 0.29) is 11.5 Å². The van der Waals surface area contributed by atoms with E-state index < -0.39 is 0 Å². The van der Waals surface area contributed by atoms with E-state index in [1.54, 1.807) is 0 Å². The van der Waals surface area contributed by atoms with E-state index in [9.17, 15) is 0 Å². The molecule has 1 unspecified atom stereocenters. The van der Waals surface area contributed by atoms with Crippen molar-refractivity contribution in [2.24, 2.45) is 0 Å². The molecule has 17 heavy (non-hydrogen) atoms. The molecule has 1 aromatic carbocycles. The minimum absolute atomic E-state index is 0.149. The number of hydrogen-bond donors (Lipinski definition) is 1. The molecule has 0 saturated carbocycles. The standard InChI is InChI=1S/C15H22N2/c1-10-7-12(15(3,4)5)8-11(2)14(10)13(9-16)17-6/h7-8,13,17H,1-6H3. The molecule has 92 valence electrons. The van der Waals surface area contributed by atoms with Gasteiger partial charge in [0.25, 0.3) is 0 Å². The number of hydrogen-bond acceptors (Lipinski definition) is 2. The molecule has 0 heterocycles. The topological polar surface area (TPSA) is 35.8 Å². The van der Waals surface area contributed by atoms with Crippen LogP contribution < -0.4 is 5.32 Å². The van der Waals surface area contributed by atoms with Crippen LogP contribution in [0.1, 0.15) is 49.1 Å². The predicted molar refractivity (Wildman–Crippen MR) is 72.0 cm³/mol. The second-order valence-electron chi connectivity index (χ2n) is 5.62. The van der Waals surface area contributed by atoms with Gasteiger partial charge in [-0.3, -0.25) is 0 Å². The van der Waals surface area contributed by atoms with Crippen LogP contribution in [-0.2, 0) is 5.41 Å². The molecule has 0 aliphatic carbocycles. The van der Waals surface area contributed by atoms with Gasteiger partial charge in [0.05, 0.1) is 6.07 Å². The molecule has 0 aliphatic heterocycles. The third-order valence-electron chi connectivity index (χ3n) is 3.17. The number of nitrogens with one attached hydrogen (secondary N) is 1. The Kier molecular flexibility index (Phi) is 3.95. The van der Waals surface area contributed by atoms with E-state index in [4.69, 9.17) is 5.26 Å². The Balaban J connectivity index is 3.35. The number of aryl methyl sites for hydroxylation is 2. The molecule has 1 atom stereocenters. The molecular weight excluding hydrogens is 208 g/mol. The lowest BCUT2D eigenvalue weighted by Gasteiger charge is -2.23. The van der Waals surface area contributed by atoms with E-state index in [1.807, 2.05) is 7.05 Å². The molecule has 1 aromatic rings.